The third-order valence-corrected chi connectivity index (χ3v) is 4.45. The van der Waals surface area contributed by atoms with Gasteiger partial charge >= 0.3 is 5.97 Å². The molecule has 1 aromatic rings. The van der Waals surface area contributed by atoms with Crippen LogP contribution in [-0.2, 0) is 4.74 Å². The van der Waals surface area contributed by atoms with Crippen LogP contribution in [0, 0.1) is 19.3 Å². The molecule has 102 valence electrons. The average molecular weight is 279 g/mol. The van der Waals surface area contributed by atoms with Gasteiger partial charge in [-0.3, -0.25) is 5.41 Å². The van der Waals surface area contributed by atoms with E-state index >= 15 is 0 Å². The fraction of sp³-hybridized carbons (Fsp3) is 0.429. The maximum absolute atomic E-state index is 11.3. The van der Waals surface area contributed by atoms with Gasteiger partial charge in [-0.1, -0.05) is 11.8 Å². The lowest BCUT2D eigenvalue weighted by Crippen LogP contribution is -2.18. The number of hydrogen-bond donors (Lipinski definition) is 2. The highest BCUT2D eigenvalue weighted by Crippen LogP contribution is 2.43. The van der Waals surface area contributed by atoms with Gasteiger partial charge in [0.1, 0.15) is 0 Å². The summed E-state index contributed by atoms with van der Waals surface area (Å²) >= 11 is 1.41. The summed E-state index contributed by atoms with van der Waals surface area (Å²) in [5, 5.41) is 17.7. The van der Waals surface area contributed by atoms with Gasteiger partial charge in [-0.2, -0.15) is 0 Å². The van der Waals surface area contributed by atoms with E-state index in [2.05, 4.69) is 0 Å². The summed E-state index contributed by atoms with van der Waals surface area (Å²) in [6.07, 6.45) is 0.321. The molecule has 0 saturated carbocycles. The number of fused-ring (bicyclic) bond motifs is 1. The predicted octanol–water partition coefficient (Wildman–Crippen LogP) is 3.55. The van der Waals surface area contributed by atoms with Crippen LogP contribution >= 0.6 is 11.8 Å². The second kappa shape index (κ2) is 5.35. The number of rotatable bonds is 3. The first kappa shape index (κ1) is 14.1. The smallest absolute Gasteiger partial charge is 0.335 e. The fourth-order valence-corrected chi connectivity index (χ4v) is 3.54. The molecule has 1 aliphatic rings. The summed E-state index contributed by atoms with van der Waals surface area (Å²) in [6.45, 7) is 6.18. The molecule has 0 aromatic heterocycles. The number of carbonyl (C=O) groups is 1. The third kappa shape index (κ3) is 2.53. The highest BCUT2D eigenvalue weighted by atomic mass is 32.2. The van der Waals surface area contributed by atoms with Crippen LogP contribution in [0.2, 0.25) is 0 Å². The molecule has 0 radical (unpaired) electrons. The lowest BCUT2D eigenvalue weighted by Gasteiger charge is -2.29. The van der Waals surface area contributed by atoms with Crippen LogP contribution in [0.25, 0.3) is 0 Å². The van der Waals surface area contributed by atoms with Crippen molar-refractivity contribution in [3.05, 3.63) is 28.3 Å². The summed E-state index contributed by atoms with van der Waals surface area (Å²) in [6, 6.07) is 1.69. The van der Waals surface area contributed by atoms with E-state index in [1.54, 1.807) is 6.07 Å². The minimum Gasteiger partial charge on any atom is -0.478 e. The van der Waals surface area contributed by atoms with Crippen molar-refractivity contribution in [2.24, 2.45) is 0 Å². The first-order valence-electron chi connectivity index (χ1n) is 6.20. The van der Waals surface area contributed by atoms with Crippen molar-refractivity contribution < 1.29 is 14.6 Å². The molecule has 0 bridgehead atoms. The second-order valence-electron chi connectivity index (χ2n) is 4.59. The number of ether oxygens (including phenoxy) is 1. The van der Waals surface area contributed by atoms with Crippen LogP contribution in [0.15, 0.2) is 11.0 Å². The van der Waals surface area contributed by atoms with Gasteiger partial charge < -0.3 is 9.84 Å². The minimum atomic E-state index is -0.913. The summed E-state index contributed by atoms with van der Waals surface area (Å²) in [5.41, 5.74) is 2.93. The Morgan fingerprint density at radius 1 is 1.58 bits per heavy atom. The number of benzene rings is 1. The lowest BCUT2D eigenvalue weighted by atomic mass is 9.93. The normalized spacial score (nSPS) is 18.3. The molecular formula is C14H17NO3S. The SMILES string of the molecule is CCOC1CC(=N)Sc2c(C)cc(C(=O)O)c(C)c21. The van der Waals surface area contributed by atoms with Crippen LogP contribution in [0.1, 0.15) is 46.5 Å². The Labute approximate surface area is 116 Å². The van der Waals surface area contributed by atoms with Crippen molar-refractivity contribution in [1.29, 1.82) is 5.41 Å². The van der Waals surface area contributed by atoms with Gasteiger partial charge in [0.15, 0.2) is 0 Å². The molecule has 19 heavy (non-hydrogen) atoms. The van der Waals surface area contributed by atoms with Gasteiger partial charge in [-0.15, -0.1) is 0 Å². The summed E-state index contributed by atoms with van der Waals surface area (Å²) < 4.78 is 5.70. The van der Waals surface area contributed by atoms with E-state index in [1.165, 1.54) is 11.8 Å². The number of carboxylic acid groups (broad SMARTS) is 1. The Balaban J connectivity index is 2.65. The molecule has 1 atom stereocenters. The summed E-state index contributed by atoms with van der Waals surface area (Å²) in [4.78, 5) is 12.3. The number of aryl methyl sites for hydroxylation is 1. The Morgan fingerprint density at radius 3 is 2.84 bits per heavy atom. The molecule has 1 aliphatic heterocycles. The molecule has 0 amide bonds. The Hall–Kier alpha value is -1.33. The van der Waals surface area contributed by atoms with E-state index in [0.717, 1.165) is 21.6 Å². The highest BCUT2D eigenvalue weighted by molar-refractivity contribution is 8.14. The molecule has 0 saturated heterocycles. The van der Waals surface area contributed by atoms with Crippen LogP contribution < -0.4 is 0 Å². The summed E-state index contributed by atoms with van der Waals surface area (Å²) in [7, 11) is 0. The number of hydrogen-bond acceptors (Lipinski definition) is 4. The Kier molecular flexibility index (Phi) is 3.96. The van der Waals surface area contributed by atoms with Crippen LogP contribution in [-0.4, -0.2) is 22.7 Å². The maximum Gasteiger partial charge on any atom is 0.335 e. The van der Waals surface area contributed by atoms with E-state index < -0.39 is 5.97 Å². The van der Waals surface area contributed by atoms with E-state index in [0.29, 0.717) is 23.6 Å². The molecule has 2 rings (SSSR count). The lowest BCUT2D eigenvalue weighted by molar-refractivity contribution is 0.0644. The maximum atomic E-state index is 11.3. The number of aromatic carboxylic acids is 1. The van der Waals surface area contributed by atoms with Crippen molar-refractivity contribution in [3.63, 3.8) is 0 Å². The van der Waals surface area contributed by atoms with Crippen LogP contribution in [0.3, 0.4) is 0 Å². The van der Waals surface area contributed by atoms with Crippen molar-refractivity contribution in [1.82, 2.24) is 0 Å². The topological polar surface area (TPSA) is 70.4 Å². The quantitative estimate of drug-likeness (QED) is 0.887. The average Bonchev–Trinajstić information content (AvgIpc) is 2.33. The molecule has 1 heterocycles. The minimum absolute atomic E-state index is 0.202. The number of nitrogens with one attached hydrogen (secondary N) is 1. The second-order valence-corrected chi connectivity index (χ2v) is 5.69. The monoisotopic (exact) mass is 279 g/mol. The number of carboxylic acids is 1. The van der Waals surface area contributed by atoms with Gasteiger partial charge in [-0.25, -0.2) is 4.79 Å². The van der Waals surface area contributed by atoms with Crippen LogP contribution in [0.5, 0.6) is 0 Å². The molecule has 5 heteroatoms. The summed E-state index contributed by atoms with van der Waals surface area (Å²) in [5.74, 6) is -0.913. The molecule has 2 N–H and O–H groups in total. The fourth-order valence-electron chi connectivity index (χ4n) is 2.44. The highest BCUT2D eigenvalue weighted by Gasteiger charge is 2.29. The first-order valence-corrected chi connectivity index (χ1v) is 7.01. The first-order chi connectivity index (χ1) is 8.95. The molecule has 1 unspecified atom stereocenters. The van der Waals surface area contributed by atoms with Crippen molar-refractivity contribution in [3.8, 4) is 0 Å². The molecule has 0 fully saturated rings. The Morgan fingerprint density at radius 2 is 2.26 bits per heavy atom. The molecule has 0 spiro atoms. The molecular weight excluding hydrogens is 262 g/mol. The van der Waals surface area contributed by atoms with Crippen LogP contribution in [0.4, 0.5) is 0 Å². The standard InChI is InChI=1S/C14H17NO3S/c1-4-18-10-6-11(15)19-13-7(2)5-9(14(16)17)8(3)12(10)13/h5,10,15H,4,6H2,1-3H3,(H,16,17). The van der Waals surface area contributed by atoms with E-state index in [-0.39, 0.29) is 6.10 Å². The Bertz CT molecular complexity index is 554. The van der Waals surface area contributed by atoms with Gasteiger partial charge in [0.05, 0.1) is 16.7 Å². The van der Waals surface area contributed by atoms with Gasteiger partial charge in [0.2, 0.25) is 0 Å². The van der Waals surface area contributed by atoms with Crippen molar-refractivity contribution >= 4 is 22.8 Å². The largest absolute Gasteiger partial charge is 0.478 e. The molecule has 4 nitrogen and oxygen atoms in total. The molecule has 1 aromatic carbocycles. The zero-order valence-corrected chi connectivity index (χ0v) is 12.1. The van der Waals surface area contributed by atoms with Gasteiger partial charge in [0, 0.05) is 17.9 Å². The third-order valence-electron chi connectivity index (χ3n) is 3.29. The van der Waals surface area contributed by atoms with Crippen molar-refractivity contribution in [2.75, 3.05) is 6.61 Å². The van der Waals surface area contributed by atoms with Gasteiger partial charge in [0.25, 0.3) is 0 Å². The van der Waals surface area contributed by atoms with E-state index in [1.807, 2.05) is 20.8 Å². The predicted molar refractivity (Wildman–Crippen MR) is 75.4 cm³/mol. The van der Waals surface area contributed by atoms with Gasteiger partial charge in [-0.05, 0) is 43.5 Å². The zero-order chi connectivity index (χ0) is 14.2. The van der Waals surface area contributed by atoms with E-state index in [9.17, 15) is 9.90 Å². The number of thioether (sulfide) groups is 1. The van der Waals surface area contributed by atoms with Crippen molar-refractivity contribution in [2.45, 2.75) is 38.2 Å². The zero-order valence-electron chi connectivity index (χ0n) is 11.2. The molecule has 0 aliphatic carbocycles. The van der Waals surface area contributed by atoms with E-state index in [4.69, 9.17) is 10.1 Å².